The number of nitriles is 1. The highest BCUT2D eigenvalue weighted by molar-refractivity contribution is 5.82. The van der Waals surface area contributed by atoms with E-state index in [1.807, 2.05) is 13.0 Å². The van der Waals surface area contributed by atoms with Gasteiger partial charge in [0.15, 0.2) is 11.5 Å². The molecule has 4 fully saturated rings. The first-order valence-electron chi connectivity index (χ1n) is 12.5. The second-order valence-electron chi connectivity index (χ2n) is 11.9. The Morgan fingerprint density at radius 1 is 1.22 bits per heavy atom. The van der Waals surface area contributed by atoms with Crippen LogP contribution in [-0.2, 0) is 11.3 Å². The normalized spacial score (nSPS) is 45.4. The smallest absolute Gasteiger partial charge is 0.162 e. The minimum Gasteiger partial charge on any atom is -0.390 e. The van der Waals surface area contributed by atoms with E-state index in [0.29, 0.717) is 29.9 Å². The third-order valence-corrected chi connectivity index (χ3v) is 10.4. The van der Waals surface area contributed by atoms with E-state index in [1.54, 1.807) is 16.9 Å². The minimum absolute atomic E-state index is 0.0199. The first kappa shape index (κ1) is 22.1. The molecule has 174 valence electrons. The lowest BCUT2D eigenvalue weighted by Gasteiger charge is -2.62. The highest BCUT2D eigenvalue weighted by Crippen LogP contribution is 2.68. The summed E-state index contributed by atoms with van der Waals surface area (Å²) in [4.78, 5) is 13.3. The molecule has 4 saturated carbocycles. The number of Topliss-reactive ketones (excluding diaryl/α,β-unsaturated/α-hetero) is 1. The predicted octanol–water partition coefficient (Wildman–Crippen LogP) is 4.68. The molecule has 5 rings (SSSR count). The van der Waals surface area contributed by atoms with Gasteiger partial charge in [0.2, 0.25) is 0 Å². The van der Waals surface area contributed by atoms with E-state index >= 15 is 0 Å². The summed E-state index contributed by atoms with van der Waals surface area (Å²) in [6.07, 6.45) is 10.0. The van der Waals surface area contributed by atoms with Crippen LogP contribution in [0.2, 0.25) is 0 Å². The van der Waals surface area contributed by atoms with Crippen LogP contribution in [0.1, 0.15) is 77.3 Å². The summed E-state index contributed by atoms with van der Waals surface area (Å²) in [5.41, 5.74) is -0.596. The molecular formula is C26H36FN3O2. The van der Waals surface area contributed by atoms with Crippen molar-refractivity contribution in [1.29, 1.82) is 5.26 Å². The number of carbonyl (C=O) groups is 1. The molecule has 1 N–H and O–H groups in total. The lowest BCUT2D eigenvalue weighted by atomic mass is 9.43. The number of hydrogen-bond acceptors (Lipinski definition) is 4. The quantitative estimate of drug-likeness (QED) is 0.736. The molecule has 1 aromatic heterocycles. The summed E-state index contributed by atoms with van der Waals surface area (Å²) in [6.45, 7) is 4.20. The number of carbonyl (C=O) groups excluding carboxylic acids is 1. The molecule has 0 spiro atoms. The third kappa shape index (κ3) is 3.26. The van der Waals surface area contributed by atoms with Crippen LogP contribution in [0.4, 0.5) is 4.39 Å². The molecular weight excluding hydrogens is 405 g/mol. The van der Waals surface area contributed by atoms with Gasteiger partial charge in [0.1, 0.15) is 6.07 Å². The summed E-state index contributed by atoms with van der Waals surface area (Å²) in [5.74, 6) is 1.90. The number of alkyl halides is 1. The Hall–Kier alpha value is -1.74. The Labute approximate surface area is 190 Å². The topological polar surface area (TPSA) is 78.9 Å². The Kier molecular flexibility index (Phi) is 5.28. The highest BCUT2D eigenvalue weighted by Gasteiger charge is 2.63. The number of hydrogen-bond donors (Lipinski definition) is 1. The zero-order valence-electron chi connectivity index (χ0n) is 19.4. The predicted molar refractivity (Wildman–Crippen MR) is 118 cm³/mol. The Morgan fingerprint density at radius 3 is 2.75 bits per heavy atom. The fourth-order valence-electron chi connectivity index (χ4n) is 8.80. The number of nitrogens with zero attached hydrogens (tertiary/aromatic N) is 3. The van der Waals surface area contributed by atoms with Gasteiger partial charge in [0, 0.05) is 17.5 Å². The van der Waals surface area contributed by atoms with Crippen LogP contribution >= 0.6 is 0 Å². The van der Waals surface area contributed by atoms with Crippen molar-refractivity contribution in [3.05, 3.63) is 18.0 Å². The van der Waals surface area contributed by atoms with Crippen LogP contribution in [0.3, 0.4) is 0 Å². The summed E-state index contributed by atoms with van der Waals surface area (Å²) < 4.78 is 16.4. The van der Waals surface area contributed by atoms with Gasteiger partial charge in [0.05, 0.1) is 18.8 Å². The van der Waals surface area contributed by atoms with Crippen molar-refractivity contribution in [2.24, 2.45) is 40.4 Å². The Bertz CT molecular complexity index is 936. The summed E-state index contributed by atoms with van der Waals surface area (Å²) in [6, 6.07) is 3.67. The van der Waals surface area contributed by atoms with E-state index in [4.69, 9.17) is 5.26 Å². The molecule has 4 aliphatic carbocycles. The SMILES string of the molecule is C[C@@]1(O)CC[C@@]2(CF)[C@@H](CC[C@H]3[C@@H]4CC[C@H](C(=O)Cn5ccc(C#N)n5)[C@@]4(C)CC[C@@H]32)C1. The number of aliphatic hydroxyl groups is 1. The molecule has 0 aromatic carbocycles. The molecule has 1 heterocycles. The number of ketones is 1. The molecule has 0 aliphatic heterocycles. The lowest BCUT2D eigenvalue weighted by molar-refractivity contribution is -0.163. The van der Waals surface area contributed by atoms with E-state index < -0.39 is 5.60 Å². The van der Waals surface area contributed by atoms with E-state index in [9.17, 15) is 14.3 Å². The van der Waals surface area contributed by atoms with Crippen LogP contribution in [-0.4, -0.2) is 32.9 Å². The molecule has 8 atom stereocenters. The molecule has 0 amide bonds. The first-order valence-corrected chi connectivity index (χ1v) is 12.5. The van der Waals surface area contributed by atoms with E-state index in [-0.39, 0.29) is 41.7 Å². The van der Waals surface area contributed by atoms with Crippen LogP contribution in [0.5, 0.6) is 0 Å². The van der Waals surface area contributed by atoms with Crippen LogP contribution in [0.15, 0.2) is 12.3 Å². The number of halogens is 1. The third-order valence-electron chi connectivity index (χ3n) is 10.4. The van der Waals surface area contributed by atoms with Crippen molar-refractivity contribution in [3.8, 4) is 6.07 Å². The fourth-order valence-corrected chi connectivity index (χ4v) is 8.80. The highest BCUT2D eigenvalue weighted by atomic mass is 19.1. The fraction of sp³-hybridized carbons (Fsp3) is 0.808. The van der Waals surface area contributed by atoms with Gasteiger partial charge in [-0.2, -0.15) is 10.4 Å². The second kappa shape index (κ2) is 7.65. The Balaban J connectivity index is 1.35. The van der Waals surface area contributed by atoms with E-state index in [1.165, 1.54) is 0 Å². The molecule has 1 aromatic rings. The average molecular weight is 442 g/mol. The van der Waals surface area contributed by atoms with Gasteiger partial charge < -0.3 is 5.11 Å². The standard InChI is InChI=1S/C26H36FN3O2/c1-24(32)10-11-26(16-27)17(13-24)3-4-19-20-5-6-22(25(20,2)9-7-21(19)26)23(31)15-30-12-8-18(14-28)29-30/h8,12,17,19-22,32H,3-7,9-11,13,15-16H2,1-2H3/t17-,19-,20-,21-,22+,24+,25-,26+/m0/s1. The zero-order valence-corrected chi connectivity index (χ0v) is 19.4. The van der Waals surface area contributed by atoms with Crippen molar-refractivity contribution < 1.29 is 14.3 Å². The summed E-state index contributed by atoms with van der Waals surface area (Å²) in [7, 11) is 0. The van der Waals surface area contributed by atoms with Gasteiger partial charge in [-0.1, -0.05) is 6.92 Å². The van der Waals surface area contributed by atoms with Crippen molar-refractivity contribution in [2.75, 3.05) is 6.67 Å². The van der Waals surface area contributed by atoms with Gasteiger partial charge >= 0.3 is 0 Å². The minimum atomic E-state index is -0.651. The molecule has 6 heteroatoms. The average Bonchev–Trinajstić information content (AvgIpc) is 3.36. The number of rotatable bonds is 4. The maximum atomic E-state index is 14.8. The largest absolute Gasteiger partial charge is 0.390 e. The number of fused-ring (bicyclic) bond motifs is 5. The summed E-state index contributed by atoms with van der Waals surface area (Å²) in [5, 5.41) is 23.8. The van der Waals surface area contributed by atoms with Crippen LogP contribution in [0.25, 0.3) is 0 Å². The van der Waals surface area contributed by atoms with Gasteiger partial charge in [0.25, 0.3) is 0 Å². The van der Waals surface area contributed by atoms with Crippen molar-refractivity contribution in [2.45, 2.75) is 83.8 Å². The van der Waals surface area contributed by atoms with Gasteiger partial charge in [-0.3, -0.25) is 13.9 Å². The molecule has 32 heavy (non-hydrogen) atoms. The van der Waals surface area contributed by atoms with E-state index in [0.717, 1.165) is 51.4 Å². The van der Waals surface area contributed by atoms with Gasteiger partial charge in [-0.05, 0) is 99.9 Å². The van der Waals surface area contributed by atoms with Crippen molar-refractivity contribution >= 4 is 5.78 Å². The van der Waals surface area contributed by atoms with Crippen molar-refractivity contribution in [1.82, 2.24) is 9.78 Å². The van der Waals surface area contributed by atoms with Crippen LogP contribution < -0.4 is 0 Å². The van der Waals surface area contributed by atoms with Crippen molar-refractivity contribution in [3.63, 3.8) is 0 Å². The molecule has 0 bridgehead atoms. The second-order valence-corrected chi connectivity index (χ2v) is 11.9. The molecule has 0 unspecified atom stereocenters. The molecule has 0 radical (unpaired) electrons. The Morgan fingerprint density at radius 2 is 2.03 bits per heavy atom. The van der Waals surface area contributed by atoms with Gasteiger partial charge in [-0.25, -0.2) is 0 Å². The summed E-state index contributed by atoms with van der Waals surface area (Å²) >= 11 is 0. The monoisotopic (exact) mass is 441 g/mol. The lowest BCUT2D eigenvalue weighted by Crippen LogP contribution is -2.57. The molecule has 0 saturated heterocycles. The zero-order chi connectivity index (χ0) is 22.7. The maximum Gasteiger partial charge on any atom is 0.162 e. The van der Waals surface area contributed by atoms with Gasteiger partial charge in [-0.15, -0.1) is 0 Å². The van der Waals surface area contributed by atoms with E-state index in [2.05, 4.69) is 12.0 Å². The van der Waals surface area contributed by atoms with Crippen LogP contribution in [0, 0.1) is 51.8 Å². The molecule has 4 aliphatic rings. The number of aromatic nitrogens is 2. The maximum absolute atomic E-state index is 14.8. The molecule has 5 nitrogen and oxygen atoms in total. The first-order chi connectivity index (χ1) is 15.2.